The number of nitrogens with zero attached hydrogens (tertiary/aromatic N) is 3. The average molecular weight is 451 g/mol. The summed E-state index contributed by atoms with van der Waals surface area (Å²) in [5, 5.41) is 18.2. The molecule has 0 spiro atoms. The molecule has 0 bridgehead atoms. The van der Waals surface area contributed by atoms with Crippen LogP contribution in [-0.2, 0) is 16.1 Å². The van der Waals surface area contributed by atoms with Gasteiger partial charge < -0.3 is 9.94 Å². The summed E-state index contributed by atoms with van der Waals surface area (Å²) in [4.78, 5) is 19.1. The van der Waals surface area contributed by atoms with E-state index >= 15 is 0 Å². The zero-order valence-electron chi connectivity index (χ0n) is 17.3. The molecule has 3 aromatic heterocycles. The minimum absolute atomic E-state index is 0.307. The van der Waals surface area contributed by atoms with Crippen LogP contribution in [0.5, 0.6) is 0 Å². The molecule has 1 atom stereocenters. The number of hydroxylamine groups is 1. The summed E-state index contributed by atoms with van der Waals surface area (Å²) in [5.41, 5.74) is 4.45. The monoisotopic (exact) mass is 450 g/mol. The molecule has 0 aliphatic carbocycles. The summed E-state index contributed by atoms with van der Waals surface area (Å²) < 4.78 is 8.12. The highest BCUT2D eigenvalue weighted by Gasteiger charge is 2.18. The first-order valence-corrected chi connectivity index (χ1v) is 11.3. The largest absolute Gasteiger partial charge is 0.618 e. The molecule has 8 nitrogen and oxygen atoms in total. The van der Waals surface area contributed by atoms with Crippen molar-refractivity contribution >= 4 is 28.1 Å². The highest BCUT2D eigenvalue weighted by molar-refractivity contribution is 7.17. The van der Waals surface area contributed by atoms with Gasteiger partial charge in [-0.25, -0.2) is 10.3 Å². The molecule has 1 aliphatic rings. The zero-order chi connectivity index (χ0) is 21.9. The SMILES string of the molecule is O=C(NOC1CCCCO1)c1ccc(-c2ccn(Cc3ccc4ccccc4[n+]3[O-])n2)s1. The maximum atomic E-state index is 12.7. The third-order valence-corrected chi connectivity index (χ3v) is 6.45. The lowest BCUT2D eigenvalue weighted by Gasteiger charge is -2.21. The molecule has 4 aromatic rings. The van der Waals surface area contributed by atoms with E-state index in [2.05, 4.69) is 10.6 Å². The highest BCUT2D eigenvalue weighted by atomic mass is 32.1. The predicted octanol–water partition coefficient (Wildman–Crippen LogP) is 3.63. The summed E-state index contributed by atoms with van der Waals surface area (Å²) >= 11 is 1.33. The smallest absolute Gasteiger partial charge is 0.285 e. The van der Waals surface area contributed by atoms with E-state index in [1.807, 2.05) is 54.7 Å². The van der Waals surface area contributed by atoms with Gasteiger partial charge in [0.15, 0.2) is 6.29 Å². The minimum atomic E-state index is -0.387. The van der Waals surface area contributed by atoms with Crippen LogP contribution in [0.25, 0.3) is 21.5 Å². The van der Waals surface area contributed by atoms with E-state index in [1.54, 1.807) is 10.7 Å². The molecule has 1 N–H and O–H groups in total. The maximum Gasteiger partial charge on any atom is 0.285 e. The van der Waals surface area contributed by atoms with Gasteiger partial charge in [-0.3, -0.25) is 9.48 Å². The first-order chi connectivity index (χ1) is 15.7. The fraction of sp³-hybridized carbons (Fsp3) is 0.261. The van der Waals surface area contributed by atoms with Crippen LogP contribution in [0, 0.1) is 5.21 Å². The van der Waals surface area contributed by atoms with Crippen molar-refractivity contribution in [3.8, 4) is 10.6 Å². The summed E-state index contributed by atoms with van der Waals surface area (Å²) in [6.07, 6.45) is 4.26. The minimum Gasteiger partial charge on any atom is -0.618 e. The van der Waals surface area contributed by atoms with E-state index in [4.69, 9.17) is 9.57 Å². The lowest BCUT2D eigenvalue weighted by molar-refractivity contribution is -0.586. The molecule has 1 fully saturated rings. The Kier molecular flexibility index (Phi) is 5.85. The van der Waals surface area contributed by atoms with Gasteiger partial charge in [-0.05, 0) is 43.2 Å². The van der Waals surface area contributed by atoms with Crippen molar-refractivity contribution in [1.82, 2.24) is 15.3 Å². The fourth-order valence-electron chi connectivity index (χ4n) is 3.66. The normalized spacial score (nSPS) is 16.3. The van der Waals surface area contributed by atoms with Crippen molar-refractivity contribution in [1.29, 1.82) is 0 Å². The van der Waals surface area contributed by atoms with Crippen LogP contribution in [0.3, 0.4) is 0 Å². The number of para-hydroxylation sites is 1. The zero-order valence-corrected chi connectivity index (χ0v) is 18.1. The molecule has 9 heteroatoms. The number of pyridine rings is 1. The van der Waals surface area contributed by atoms with Gasteiger partial charge in [-0.2, -0.15) is 9.83 Å². The standard InChI is InChI=1S/C23H22N4O4S/c28-23(25-31-22-7-3-4-14-30-22)21-11-10-20(32-21)18-12-13-26(24-18)15-17-9-8-16-5-1-2-6-19(16)27(17)29/h1-2,5-6,8-13,22H,3-4,7,14-15H2,(H,25,28). The van der Waals surface area contributed by atoms with E-state index < -0.39 is 0 Å². The first kappa shape index (κ1) is 20.6. The molecule has 164 valence electrons. The Morgan fingerprint density at radius 1 is 1.22 bits per heavy atom. The van der Waals surface area contributed by atoms with Crippen molar-refractivity contribution in [2.45, 2.75) is 32.1 Å². The second-order valence-corrected chi connectivity index (χ2v) is 8.67. The average Bonchev–Trinajstić information content (AvgIpc) is 3.50. The number of carbonyl (C=O) groups excluding carboxylic acids is 1. The van der Waals surface area contributed by atoms with Gasteiger partial charge in [-0.15, -0.1) is 11.3 Å². The molecule has 1 unspecified atom stereocenters. The summed E-state index contributed by atoms with van der Waals surface area (Å²) in [6, 6.07) is 16.7. The van der Waals surface area contributed by atoms with Gasteiger partial charge >= 0.3 is 0 Å². The van der Waals surface area contributed by atoms with Crippen LogP contribution in [0.15, 0.2) is 60.8 Å². The molecular weight excluding hydrogens is 428 g/mol. The number of carbonyl (C=O) groups is 1. The van der Waals surface area contributed by atoms with Gasteiger partial charge in [0, 0.05) is 36.7 Å². The van der Waals surface area contributed by atoms with Gasteiger partial charge in [0.1, 0.15) is 12.2 Å². The molecule has 1 aromatic carbocycles. The fourth-order valence-corrected chi connectivity index (χ4v) is 4.51. The number of thiophene rings is 1. The van der Waals surface area contributed by atoms with Crippen molar-refractivity contribution in [2.75, 3.05) is 6.61 Å². The number of ether oxygens (including phenoxy) is 1. The van der Waals surface area contributed by atoms with Gasteiger partial charge in [0.25, 0.3) is 5.91 Å². The molecule has 32 heavy (non-hydrogen) atoms. The number of amides is 1. The van der Waals surface area contributed by atoms with Crippen LogP contribution in [-0.4, -0.2) is 28.6 Å². The number of rotatable bonds is 6. The molecule has 5 rings (SSSR count). The predicted molar refractivity (Wildman–Crippen MR) is 120 cm³/mol. The Morgan fingerprint density at radius 2 is 2.12 bits per heavy atom. The molecular formula is C23H22N4O4S. The molecule has 1 saturated heterocycles. The first-order valence-electron chi connectivity index (χ1n) is 10.5. The van der Waals surface area contributed by atoms with Crippen molar-refractivity contribution < 1.29 is 19.1 Å². The number of nitrogens with one attached hydrogen (secondary N) is 1. The van der Waals surface area contributed by atoms with Crippen LogP contribution in [0.1, 0.15) is 34.6 Å². The third-order valence-electron chi connectivity index (χ3n) is 5.34. The summed E-state index contributed by atoms with van der Waals surface area (Å²) in [5.74, 6) is -0.307. The molecule has 1 aliphatic heterocycles. The van der Waals surface area contributed by atoms with E-state index in [-0.39, 0.29) is 12.2 Å². The van der Waals surface area contributed by atoms with Crippen LogP contribution < -0.4 is 10.2 Å². The van der Waals surface area contributed by atoms with Gasteiger partial charge in [0.2, 0.25) is 11.2 Å². The summed E-state index contributed by atoms with van der Waals surface area (Å²) in [6.45, 7) is 1.00. The second kappa shape index (κ2) is 9.07. The van der Waals surface area contributed by atoms with Gasteiger partial charge in [-0.1, -0.05) is 12.1 Å². The van der Waals surface area contributed by atoms with Crippen LogP contribution in [0.2, 0.25) is 0 Å². The Bertz CT molecular complexity index is 1250. The van der Waals surface area contributed by atoms with E-state index in [1.165, 1.54) is 11.3 Å². The quantitative estimate of drug-likeness (QED) is 0.275. The van der Waals surface area contributed by atoms with Crippen molar-refractivity contribution in [2.24, 2.45) is 0 Å². The summed E-state index contributed by atoms with van der Waals surface area (Å²) in [7, 11) is 0. The number of aromatic nitrogens is 3. The Morgan fingerprint density at radius 3 is 3.00 bits per heavy atom. The Balaban J connectivity index is 1.25. The topological polar surface area (TPSA) is 92.3 Å². The highest BCUT2D eigenvalue weighted by Crippen LogP contribution is 2.27. The number of hydrogen-bond acceptors (Lipinski definition) is 6. The Hall–Kier alpha value is -3.27. The molecule has 0 radical (unpaired) electrons. The van der Waals surface area contributed by atoms with Gasteiger partial charge in [0.05, 0.1) is 9.75 Å². The number of fused-ring (bicyclic) bond motifs is 1. The van der Waals surface area contributed by atoms with E-state index in [9.17, 15) is 10.0 Å². The van der Waals surface area contributed by atoms with Crippen molar-refractivity contribution in [3.05, 3.63) is 76.6 Å². The maximum absolute atomic E-state index is 12.7. The lowest BCUT2D eigenvalue weighted by Crippen LogP contribution is -2.33. The van der Waals surface area contributed by atoms with Crippen LogP contribution >= 0.6 is 11.3 Å². The number of hydrogen-bond donors (Lipinski definition) is 1. The molecule has 0 saturated carbocycles. The molecule has 1 amide bonds. The lowest BCUT2D eigenvalue weighted by atomic mass is 10.2. The number of benzene rings is 1. The molecule has 4 heterocycles. The van der Waals surface area contributed by atoms with E-state index in [0.717, 1.165) is 40.0 Å². The van der Waals surface area contributed by atoms with Crippen molar-refractivity contribution in [3.63, 3.8) is 0 Å². The Labute approximate surface area is 188 Å². The van der Waals surface area contributed by atoms with E-state index in [0.29, 0.717) is 29.2 Å². The second-order valence-electron chi connectivity index (χ2n) is 7.59. The van der Waals surface area contributed by atoms with Crippen LogP contribution in [0.4, 0.5) is 0 Å². The third kappa shape index (κ3) is 4.36.